The molecule has 0 aliphatic heterocycles. The van der Waals surface area contributed by atoms with Gasteiger partial charge in [0.05, 0.1) is 16.2 Å². The number of allylic oxidation sites excluding steroid dienone is 4. The normalized spacial score (nSPS) is 13.3. The second-order valence-electron chi connectivity index (χ2n) is 6.01. The van der Waals surface area contributed by atoms with Crippen LogP contribution in [0, 0.1) is 11.3 Å². The van der Waals surface area contributed by atoms with Gasteiger partial charge in [0.1, 0.15) is 11.8 Å². The minimum absolute atomic E-state index is 0.533. The van der Waals surface area contributed by atoms with Crippen LogP contribution in [0.4, 0.5) is 0 Å². The highest BCUT2D eigenvalue weighted by atomic mass is 35.5. The van der Waals surface area contributed by atoms with Crippen LogP contribution in [0.5, 0.6) is 0 Å². The summed E-state index contributed by atoms with van der Waals surface area (Å²) in [5, 5.41) is 14.5. The predicted molar refractivity (Wildman–Crippen MR) is 108 cm³/mol. The molecule has 3 aromatic rings. The van der Waals surface area contributed by atoms with Crippen LogP contribution in [0.15, 0.2) is 76.8 Å². The van der Waals surface area contributed by atoms with E-state index in [9.17, 15) is 0 Å². The van der Waals surface area contributed by atoms with Crippen LogP contribution >= 0.6 is 23.4 Å². The number of halogens is 1. The average Bonchev–Trinajstić information content (AvgIpc) is 3.14. The second-order valence-corrected chi connectivity index (χ2v) is 7.56. The zero-order valence-electron chi connectivity index (χ0n) is 14.3. The van der Waals surface area contributed by atoms with Gasteiger partial charge in [-0.25, -0.2) is 4.68 Å². The number of hydrogen-bond acceptors (Lipinski definition) is 4. The van der Waals surface area contributed by atoms with Crippen molar-refractivity contribution in [1.29, 1.82) is 5.26 Å². The van der Waals surface area contributed by atoms with Gasteiger partial charge in [0.15, 0.2) is 0 Å². The van der Waals surface area contributed by atoms with Crippen LogP contribution < -0.4 is 0 Å². The summed E-state index contributed by atoms with van der Waals surface area (Å²) in [7, 11) is 0. The summed E-state index contributed by atoms with van der Waals surface area (Å²) in [5.41, 5.74) is 3.23. The van der Waals surface area contributed by atoms with Gasteiger partial charge in [-0.05, 0) is 55.3 Å². The summed E-state index contributed by atoms with van der Waals surface area (Å²) in [4.78, 5) is 6.51. The molecule has 0 fully saturated rings. The van der Waals surface area contributed by atoms with Crippen molar-refractivity contribution in [3.63, 3.8) is 0 Å². The molecule has 2 heterocycles. The van der Waals surface area contributed by atoms with E-state index in [-0.39, 0.29) is 0 Å². The van der Waals surface area contributed by atoms with Gasteiger partial charge >= 0.3 is 0 Å². The highest BCUT2D eigenvalue weighted by Gasteiger charge is 2.16. The lowest BCUT2D eigenvalue weighted by Gasteiger charge is -2.08. The van der Waals surface area contributed by atoms with Crippen molar-refractivity contribution in [3.05, 3.63) is 77.6 Å². The molecule has 1 aliphatic rings. The van der Waals surface area contributed by atoms with Gasteiger partial charge in [-0.1, -0.05) is 35.5 Å². The van der Waals surface area contributed by atoms with E-state index in [2.05, 4.69) is 29.3 Å². The van der Waals surface area contributed by atoms with Crippen molar-refractivity contribution in [2.75, 3.05) is 0 Å². The van der Waals surface area contributed by atoms with Gasteiger partial charge in [-0.2, -0.15) is 10.4 Å². The molecule has 27 heavy (non-hydrogen) atoms. The van der Waals surface area contributed by atoms with E-state index in [0.717, 1.165) is 39.7 Å². The quantitative estimate of drug-likeness (QED) is 0.563. The van der Waals surface area contributed by atoms with Gasteiger partial charge in [0, 0.05) is 28.0 Å². The number of aromatic nitrogens is 3. The Labute approximate surface area is 166 Å². The van der Waals surface area contributed by atoms with Crippen LogP contribution in [-0.4, -0.2) is 14.8 Å². The van der Waals surface area contributed by atoms with Crippen molar-refractivity contribution < 1.29 is 0 Å². The van der Waals surface area contributed by atoms with E-state index >= 15 is 0 Å². The second kappa shape index (κ2) is 7.83. The maximum atomic E-state index is 9.01. The number of rotatable bonds is 4. The molecule has 0 saturated carbocycles. The molecule has 0 bridgehead atoms. The van der Waals surface area contributed by atoms with Crippen molar-refractivity contribution in [2.45, 2.75) is 22.6 Å². The third kappa shape index (κ3) is 3.97. The highest BCUT2D eigenvalue weighted by molar-refractivity contribution is 7.99. The van der Waals surface area contributed by atoms with E-state index in [0.29, 0.717) is 10.6 Å². The Balaban J connectivity index is 1.75. The fourth-order valence-electron chi connectivity index (χ4n) is 2.77. The molecule has 6 heteroatoms. The molecule has 132 valence electrons. The third-order valence-corrected chi connectivity index (χ3v) is 5.42. The smallest absolute Gasteiger partial charge is 0.125 e. The standard InChI is InChI=1S/C21H15ClN4S/c22-16-7-9-18(10-8-16)27-20-14-26(17-4-2-1-3-5-17)25-21(20)19-11-6-15(12-23)13-24-19/h1-2,4,6-11,13-14H,3,5H2. The first-order chi connectivity index (χ1) is 13.2. The van der Waals surface area contributed by atoms with Crippen molar-refractivity contribution in [2.24, 2.45) is 0 Å². The molecule has 0 atom stereocenters. The Morgan fingerprint density at radius 1 is 1.15 bits per heavy atom. The van der Waals surface area contributed by atoms with E-state index in [1.54, 1.807) is 24.0 Å². The number of nitrogens with zero attached hydrogens (tertiary/aromatic N) is 4. The Hall–Kier alpha value is -2.81. The Morgan fingerprint density at radius 2 is 2.00 bits per heavy atom. The summed E-state index contributed by atoms with van der Waals surface area (Å²) in [5.74, 6) is 0. The van der Waals surface area contributed by atoms with E-state index in [1.807, 2.05) is 41.2 Å². The predicted octanol–water partition coefficient (Wildman–Crippen LogP) is 5.81. The molecule has 1 aliphatic carbocycles. The number of hydrogen-bond donors (Lipinski definition) is 0. The van der Waals surface area contributed by atoms with Gasteiger partial charge in [0.2, 0.25) is 0 Å². The maximum absolute atomic E-state index is 9.01. The molecule has 2 aromatic heterocycles. The summed E-state index contributed by atoms with van der Waals surface area (Å²) >= 11 is 7.62. The molecular formula is C21H15ClN4S. The summed E-state index contributed by atoms with van der Waals surface area (Å²) in [6.45, 7) is 0. The zero-order chi connectivity index (χ0) is 18.6. The Morgan fingerprint density at radius 3 is 2.67 bits per heavy atom. The molecule has 0 saturated heterocycles. The van der Waals surface area contributed by atoms with Gasteiger partial charge in [0.25, 0.3) is 0 Å². The molecule has 0 unspecified atom stereocenters. The average molecular weight is 391 g/mol. The van der Waals surface area contributed by atoms with Crippen LogP contribution in [0.3, 0.4) is 0 Å². The molecule has 4 nitrogen and oxygen atoms in total. The molecule has 4 rings (SSSR count). The molecule has 0 N–H and O–H groups in total. The zero-order valence-corrected chi connectivity index (χ0v) is 15.9. The lowest BCUT2D eigenvalue weighted by atomic mass is 10.1. The largest absolute Gasteiger partial charge is 0.253 e. The van der Waals surface area contributed by atoms with Gasteiger partial charge in [-0.15, -0.1) is 0 Å². The fourth-order valence-corrected chi connectivity index (χ4v) is 3.81. The number of nitriles is 1. The number of pyridine rings is 1. The molecule has 0 amide bonds. The van der Waals surface area contributed by atoms with Crippen LogP contribution in [0.1, 0.15) is 18.4 Å². The topological polar surface area (TPSA) is 54.5 Å². The van der Waals surface area contributed by atoms with Crippen molar-refractivity contribution >= 4 is 29.1 Å². The third-order valence-electron chi connectivity index (χ3n) is 4.14. The Bertz CT molecular complexity index is 1060. The molecular weight excluding hydrogens is 376 g/mol. The minimum Gasteiger partial charge on any atom is -0.253 e. The summed E-state index contributed by atoms with van der Waals surface area (Å²) in [6.07, 6.45) is 11.9. The first-order valence-electron chi connectivity index (χ1n) is 8.48. The van der Waals surface area contributed by atoms with E-state index < -0.39 is 0 Å². The summed E-state index contributed by atoms with van der Waals surface area (Å²) < 4.78 is 1.93. The molecule has 0 radical (unpaired) electrons. The van der Waals surface area contributed by atoms with Crippen molar-refractivity contribution in [3.8, 4) is 17.5 Å². The fraction of sp³-hybridized carbons (Fsp3) is 0.0952. The van der Waals surface area contributed by atoms with E-state index in [1.165, 1.54) is 0 Å². The number of benzene rings is 1. The van der Waals surface area contributed by atoms with Gasteiger partial charge < -0.3 is 0 Å². The molecule has 1 aromatic carbocycles. The van der Waals surface area contributed by atoms with Crippen LogP contribution in [0.2, 0.25) is 5.02 Å². The van der Waals surface area contributed by atoms with Crippen molar-refractivity contribution in [1.82, 2.24) is 14.8 Å². The van der Waals surface area contributed by atoms with E-state index in [4.69, 9.17) is 22.0 Å². The lowest BCUT2D eigenvalue weighted by molar-refractivity contribution is 0.839. The van der Waals surface area contributed by atoms with Gasteiger partial charge in [-0.3, -0.25) is 4.98 Å². The minimum atomic E-state index is 0.533. The van der Waals surface area contributed by atoms with Crippen LogP contribution in [-0.2, 0) is 0 Å². The first-order valence-corrected chi connectivity index (χ1v) is 9.68. The molecule has 0 spiro atoms. The SMILES string of the molecule is N#Cc1ccc(-c2nn(C3=CC=CCC3)cc2Sc2ccc(Cl)cc2)nc1. The summed E-state index contributed by atoms with van der Waals surface area (Å²) in [6, 6.07) is 13.4. The monoisotopic (exact) mass is 390 g/mol. The van der Waals surface area contributed by atoms with Crippen LogP contribution in [0.25, 0.3) is 17.1 Å². The lowest BCUT2D eigenvalue weighted by Crippen LogP contribution is -1.99. The Kier molecular flexibility index (Phi) is 5.10. The first kappa shape index (κ1) is 17.6. The maximum Gasteiger partial charge on any atom is 0.125 e. The highest BCUT2D eigenvalue weighted by Crippen LogP contribution is 2.36.